The van der Waals surface area contributed by atoms with E-state index in [4.69, 9.17) is 0 Å². The maximum atomic E-state index is 13.4. The predicted molar refractivity (Wildman–Crippen MR) is 151 cm³/mol. The van der Waals surface area contributed by atoms with Crippen LogP contribution in [0.5, 0.6) is 0 Å². The predicted octanol–water partition coefficient (Wildman–Crippen LogP) is 5.00. The number of carbonyl (C=O) groups excluding carboxylic acids is 2. The Hall–Kier alpha value is -1.92. The van der Waals surface area contributed by atoms with Crippen molar-refractivity contribution < 1.29 is 9.59 Å². The summed E-state index contributed by atoms with van der Waals surface area (Å²) in [5.74, 6) is 0.755. The minimum atomic E-state index is 0.0620. The fourth-order valence-electron chi connectivity index (χ4n) is 6.29. The highest BCUT2D eigenvalue weighted by molar-refractivity contribution is 5.99. The van der Waals surface area contributed by atoms with Gasteiger partial charge >= 0.3 is 0 Å². The molecule has 0 spiro atoms. The number of likely N-dealkylation sites (tertiary alicyclic amines) is 3. The Morgan fingerprint density at radius 2 is 1.41 bits per heavy atom. The molecule has 0 aromatic heterocycles. The molecule has 3 aliphatic rings. The molecule has 1 unspecified atom stereocenters. The zero-order chi connectivity index (χ0) is 26.6. The zero-order valence-electron chi connectivity index (χ0n) is 24.0. The average molecular weight is 511 g/mol. The van der Waals surface area contributed by atoms with Crippen molar-refractivity contribution in [1.29, 1.82) is 0 Å². The first kappa shape index (κ1) is 28.1. The van der Waals surface area contributed by atoms with Crippen LogP contribution in [0.25, 0.3) is 0 Å². The van der Waals surface area contributed by atoms with Gasteiger partial charge in [-0.1, -0.05) is 40.7 Å². The van der Waals surface area contributed by atoms with Crippen LogP contribution in [0, 0.1) is 11.3 Å². The summed E-state index contributed by atoms with van der Waals surface area (Å²) in [5, 5.41) is 0. The molecule has 0 radical (unpaired) electrons. The topological polar surface area (TPSA) is 47.1 Å². The van der Waals surface area contributed by atoms with E-state index in [0.29, 0.717) is 34.5 Å². The van der Waals surface area contributed by atoms with Crippen molar-refractivity contribution in [1.82, 2.24) is 19.6 Å². The summed E-state index contributed by atoms with van der Waals surface area (Å²) in [4.78, 5) is 35.8. The summed E-state index contributed by atoms with van der Waals surface area (Å²) >= 11 is 0. The van der Waals surface area contributed by atoms with Crippen LogP contribution in [0.3, 0.4) is 0 Å². The van der Waals surface area contributed by atoms with Crippen LogP contribution < -0.4 is 0 Å². The number of benzene rings is 1. The first-order chi connectivity index (χ1) is 17.7. The SMILES string of the molecule is CCN(CC(C)C(C)(C)C)C1CCN(C(=O)c2cccc(C(=O)N3CCC(N4CCCC4)CC3)c2)CC1. The molecule has 3 fully saturated rings. The monoisotopic (exact) mass is 510 g/mol. The average Bonchev–Trinajstić information content (AvgIpc) is 3.46. The van der Waals surface area contributed by atoms with Gasteiger partial charge in [0, 0.05) is 55.9 Å². The molecule has 4 rings (SSSR count). The molecule has 3 heterocycles. The smallest absolute Gasteiger partial charge is 0.253 e. The van der Waals surface area contributed by atoms with Crippen LogP contribution >= 0.6 is 0 Å². The number of hydrogen-bond acceptors (Lipinski definition) is 4. The molecule has 6 nitrogen and oxygen atoms in total. The maximum Gasteiger partial charge on any atom is 0.253 e. The van der Waals surface area contributed by atoms with Gasteiger partial charge in [-0.15, -0.1) is 0 Å². The van der Waals surface area contributed by atoms with Crippen LogP contribution in [-0.4, -0.2) is 95.9 Å². The summed E-state index contributed by atoms with van der Waals surface area (Å²) in [6, 6.07) is 8.60. The lowest BCUT2D eigenvalue weighted by molar-refractivity contribution is 0.0564. The number of hydrogen-bond donors (Lipinski definition) is 0. The van der Waals surface area contributed by atoms with E-state index in [0.717, 1.165) is 65.0 Å². The Kier molecular flexibility index (Phi) is 9.33. The van der Waals surface area contributed by atoms with Gasteiger partial charge in [0.2, 0.25) is 0 Å². The van der Waals surface area contributed by atoms with Gasteiger partial charge in [-0.05, 0) is 87.7 Å². The molecule has 1 aromatic carbocycles. The van der Waals surface area contributed by atoms with Crippen LogP contribution in [0.15, 0.2) is 24.3 Å². The quantitative estimate of drug-likeness (QED) is 0.518. The molecule has 2 amide bonds. The molecule has 3 aliphatic heterocycles. The Labute approximate surface area is 225 Å². The summed E-state index contributed by atoms with van der Waals surface area (Å²) in [6.45, 7) is 19.4. The van der Waals surface area contributed by atoms with E-state index in [1.54, 1.807) is 0 Å². The van der Waals surface area contributed by atoms with Gasteiger partial charge in [-0.25, -0.2) is 0 Å². The number of nitrogens with zero attached hydrogens (tertiary/aromatic N) is 4. The van der Waals surface area contributed by atoms with Crippen molar-refractivity contribution in [2.75, 3.05) is 52.4 Å². The molecular formula is C31H50N4O2. The summed E-state index contributed by atoms with van der Waals surface area (Å²) in [5.41, 5.74) is 1.59. The number of amides is 2. The van der Waals surface area contributed by atoms with Crippen LogP contribution in [-0.2, 0) is 0 Å². The summed E-state index contributed by atoms with van der Waals surface area (Å²) < 4.78 is 0. The standard InChI is InChI=1S/C31H50N4O2/c1-6-32(23-24(2)31(3,4)5)27-12-18-34(19-13-27)29(36)25-10-9-11-26(22-25)30(37)35-20-14-28(15-21-35)33-16-7-8-17-33/h9-11,22,24,27-28H,6-8,12-21,23H2,1-5H3. The number of piperidine rings is 2. The van der Waals surface area contributed by atoms with Gasteiger partial charge < -0.3 is 19.6 Å². The van der Waals surface area contributed by atoms with Gasteiger partial charge in [0.25, 0.3) is 11.8 Å². The molecule has 0 saturated carbocycles. The van der Waals surface area contributed by atoms with Crippen molar-refractivity contribution in [3.63, 3.8) is 0 Å². The fourth-order valence-corrected chi connectivity index (χ4v) is 6.29. The van der Waals surface area contributed by atoms with E-state index in [1.807, 2.05) is 34.1 Å². The van der Waals surface area contributed by atoms with Crippen molar-refractivity contribution in [2.45, 2.75) is 85.2 Å². The van der Waals surface area contributed by atoms with E-state index >= 15 is 0 Å². The highest BCUT2D eigenvalue weighted by Gasteiger charge is 2.31. The zero-order valence-corrected chi connectivity index (χ0v) is 24.0. The Morgan fingerprint density at radius 3 is 1.89 bits per heavy atom. The van der Waals surface area contributed by atoms with E-state index in [1.165, 1.54) is 25.9 Å². The van der Waals surface area contributed by atoms with Gasteiger partial charge in [0.05, 0.1) is 0 Å². The van der Waals surface area contributed by atoms with Crippen LogP contribution in [0.2, 0.25) is 0 Å². The van der Waals surface area contributed by atoms with E-state index < -0.39 is 0 Å². The molecule has 1 atom stereocenters. The highest BCUT2D eigenvalue weighted by Crippen LogP contribution is 2.28. The van der Waals surface area contributed by atoms with Crippen LogP contribution in [0.1, 0.15) is 93.9 Å². The Morgan fingerprint density at radius 1 is 0.892 bits per heavy atom. The molecular weight excluding hydrogens is 460 g/mol. The van der Waals surface area contributed by atoms with Crippen LogP contribution in [0.4, 0.5) is 0 Å². The summed E-state index contributed by atoms with van der Waals surface area (Å²) in [6.07, 6.45) is 6.77. The Balaban J connectivity index is 1.30. The molecule has 37 heavy (non-hydrogen) atoms. The molecule has 0 aliphatic carbocycles. The molecule has 3 saturated heterocycles. The molecule has 206 valence electrons. The second kappa shape index (κ2) is 12.3. The third-order valence-electron chi connectivity index (χ3n) is 9.43. The van der Waals surface area contributed by atoms with E-state index in [9.17, 15) is 9.59 Å². The molecule has 1 aromatic rings. The normalized spacial score (nSPS) is 21.6. The molecule has 6 heteroatoms. The minimum absolute atomic E-state index is 0.0620. The lowest BCUT2D eigenvalue weighted by atomic mass is 9.81. The first-order valence-electron chi connectivity index (χ1n) is 14.8. The van der Waals surface area contributed by atoms with Crippen molar-refractivity contribution in [3.05, 3.63) is 35.4 Å². The second-order valence-corrected chi connectivity index (χ2v) is 12.7. The van der Waals surface area contributed by atoms with Gasteiger partial charge in [-0.2, -0.15) is 0 Å². The largest absolute Gasteiger partial charge is 0.339 e. The molecule has 0 N–H and O–H groups in total. The van der Waals surface area contributed by atoms with E-state index in [-0.39, 0.29) is 11.8 Å². The lowest BCUT2D eigenvalue weighted by Crippen LogP contribution is -2.48. The van der Waals surface area contributed by atoms with Gasteiger partial charge in [0.1, 0.15) is 0 Å². The van der Waals surface area contributed by atoms with Gasteiger partial charge in [-0.3, -0.25) is 9.59 Å². The number of rotatable bonds is 7. The van der Waals surface area contributed by atoms with Gasteiger partial charge in [0.15, 0.2) is 0 Å². The van der Waals surface area contributed by atoms with E-state index in [2.05, 4.69) is 44.4 Å². The van der Waals surface area contributed by atoms with Crippen molar-refractivity contribution >= 4 is 11.8 Å². The van der Waals surface area contributed by atoms with Crippen molar-refractivity contribution in [2.24, 2.45) is 11.3 Å². The fraction of sp³-hybridized carbons (Fsp3) is 0.742. The van der Waals surface area contributed by atoms with Crippen molar-refractivity contribution in [3.8, 4) is 0 Å². The third-order valence-corrected chi connectivity index (χ3v) is 9.43. The molecule has 0 bridgehead atoms. The highest BCUT2D eigenvalue weighted by atomic mass is 16.2. The maximum absolute atomic E-state index is 13.4. The third kappa shape index (κ3) is 6.94. The minimum Gasteiger partial charge on any atom is -0.339 e. The summed E-state index contributed by atoms with van der Waals surface area (Å²) in [7, 11) is 0. The number of carbonyl (C=O) groups is 2. The first-order valence-corrected chi connectivity index (χ1v) is 14.8. The second-order valence-electron chi connectivity index (χ2n) is 12.7. The lowest BCUT2D eigenvalue weighted by Gasteiger charge is -2.41. The Bertz CT molecular complexity index is 904.